The van der Waals surface area contributed by atoms with E-state index in [1.165, 1.54) is 18.5 Å². The zero-order valence-corrected chi connectivity index (χ0v) is 23.1. The van der Waals surface area contributed by atoms with Crippen LogP contribution in [-0.4, -0.2) is 63.1 Å². The van der Waals surface area contributed by atoms with Crippen LogP contribution in [0, 0.1) is 23.1 Å². The van der Waals surface area contributed by atoms with Gasteiger partial charge in [-0.2, -0.15) is 0 Å². The number of likely N-dealkylation sites (tertiary alicyclic amines) is 1. The average Bonchev–Trinajstić information content (AvgIpc) is 3.67. The minimum absolute atomic E-state index is 0.206. The second kappa shape index (κ2) is 9.87. The van der Waals surface area contributed by atoms with Crippen LogP contribution in [0.2, 0.25) is 0 Å². The molecule has 0 unspecified atom stereocenters. The van der Waals surface area contributed by atoms with E-state index >= 15 is 0 Å². The van der Waals surface area contributed by atoms with Crippen LogP contribution in [0.5, 0.6) is 11.6 Å². The molecule has 2 saturated carbocycles. The number of rotatable bonds is 8. The SMILES string of the molecule is CC(C)[C@H](C1CC(=O)C1)N1CC2(CCN(c3ncnnc3Oc3ccc(F)cc3-c3ncccc3C3CC3)C2)C1. The van der Waals surface area contributed by atoms with Crippen molar-refractivity contribution in [1.29, 1.82) is 0 Å². The van der Waals surface area contributed by atoms with Gasteiger partial charge < -0.3 is 9.64 Å². The van der Waals surface area contributed by atoms with Crippen molar-refractivity contribution in [3.05, 3.63) is 54.2 Å². The summed E-state index contributed by atoms with van der Waals surface area (Å²) in [5, 5.41) is 8.34. The van der Waals surface area contributed by atoms with Crippen LogP contribution in [0.3, 0.4) is 0 Å². The van der Waals surface area contributed by atoms with Gasteiger partial charge in [-0.1, -0.05) is 19.9 Å². The van der Waals surface area contributed by atoms with E-state index in [1.54, 1.807) is 12.3 Å². The van der Waals surface area contributed by atoms with Crippen molar-refractivity contribution in [3.8, 4) is 22.9 Å². The van der Waals surface area contributed by atoms with Gasteiger partial charge in [0.05, 0.1) is 5.69 Å². The van der Waals surface area contributed by atoms with Gasteiger partial charge in [-0.05, 0) is 66.8 Å². The number of ether oxygens (including phenoxy) is 1. The second-order valence-corrected chi connectivity index (χ2v) is 12.6. The summed E-state index contributed by atoms with van der Waals surface area (Å²) in [5.41, 5.74) is 2.69. The maximum absolute atomic E-state index is 14.5. The van der Waals surface area contributed by atoms with Crippen molar-refractivity contribution in [1.82, 2.24) is 25.1 Å². The highest BCUT2D eigenvalue weighted by Gasteiger charge is 2.52. The van der Waals surface area contributed by atoms with E-state index < -0.39 is 0 Å². The first kappa shape index (κ1) is 25.5. The predicted molar refractivity (Wildman–Crippen MR) is 149 cm³/mol. The third kappa shape index (κ3) is 4.64. The summed E-state index contributed by atoms with van der Waals surface area (Å²) in [6, 6.07) is 9.00. The molecular formula is C31H35FN6O2. The smallest absolute Gasteiger partial charge is 0.282 e. The highest BCUT2D eigenvalue weighted by molar-refractivity contribution is 5.84. The Morgan fingerprint density at radius 2 is 1.93 bits per heavy atom. The zero-order chi connectivity index (χ0) is 27.4. The first-order valence-electron chi connectivity index (χ1n) is 14.5. The summed E-state index contributed by atoms with van der Waals surface area (Å²) in [6.07, 6.45) is 7.97. The Morgan fingerprint density at radius 3 is 2.67 bits per heavy atom. The third-order valence-electron chi connectivity index (χ3n) is 9.21. The zero-order valence-electron chi connectivity index (χ0n) is 23.1. The molecule has 40 heavy (non-hydrogen) atoms. The fourth-order valence-corrected chi connectivity index (χ4v) is 7.22. The van der Waals surface area contributed by atoms with E-state index in [9.17, 15) is 9.18 Å². The molecule has 1 spiro atoms. The number of ketones is 1. The van der Waals surface area contributed by atoms with Crippen LogP contribution in [0.1, 0.15) is 57.4 Å². The molecular weight excluding hydrogens is 507 g/mol. The average molecular weight is 543 g/mol. The molecule has 0 radical (unpaired) electrons. The molecule has 2 aromatic heterocycles. The highest BCUT2D eigenvalue weighted by atomic mass is 19.1. The van der Waals surface area contributed by atoms with Crippen LogP contribution >= 0.6 is 0 Å². The Morgan fingerprint density at radius 1 is 1.10 bits per heavy atom. The lowest BCUT2D eigenvalue weighted by atomic mass is 9.70. The predicted octanol–water partition coefficient (Wildman–Crippen LogP) is 5.26. The van der Waals surface area contributed by atoms with Gasteiger partial charge in [0, 0.05) is 62.2 Å². The van der Waals surface area contributed by atoms with E-state index in [2.05, 4.69) is 49.9 Å². The van der Waals surface area contributed by atoms with Gasteiger partial charge in [-0.3, -0.25) is 14.7 Å². The van der Waals surface area contributed by atoms with Crippen LogP contribution < -0.4 is 9.64 Å². The van der Waals surface area contributed by atoms with Crippen LogP contribution in [0.4, 0.5) is 10.2 Å². The maximum Gasteiger partial charge on any atom is 0.282 e. The van der Waals surface area contributed by atoms with Crippen LogP contribution in [0.25, 0.3) is 11.3 Å². The number of nitrogens with zero attached hydrogens (tertiary/aromatic N) is 6. The standard InChI is InChI=1S/C31H35FN6O2/c1-19(2)28(21-12-23(39)13-21)38-16-31(17-38)9-11-37(15-31)29-30(36-35-18-34-29)40-26-8-7-22(32)14-25(26)27-24(20-5-6-20)4-3-10-33-27/h3-4,7-8,10,14,18-21,28H,5-6,9,11-13,15-17H2,1-2H3/t28-/m1/s1. The molecule has 9 heteroatoms. The molecule has 1 atom stereocenters. The normalized spacial score (nSPS) is 21.5. The van der Waals surface area contributed by atoms with Crippen molar-refractivity contribution < 1.29 is 13.9 Å². The van der Waals surface area contributed by atoms with E-state index in [0.717, 1.165) is 69.5 Å². The summed E-state index contributed by atoms with van der Waals surface area (Å²) >= 11 is 0. The lowest BCUT2D eigenvalue weighted by molar-refractivity contribution is -0.133. The molecule has 8 nitrogen and oxygen atoms in total. The molecule has 0 bridgehead atoms. The summed E-state index contributed by atoms with van der Waals surface area (Å²) in [5.74, 6) is 3.02. The molecule has 7 rings (SSSR count). The lowest BCUT2D eigenvalue weighted by Crippen LogP contribution is -2.64. The molecule has 2 aliphatic heterocycles. The summed E-state index contributed by atoms with van der Waals surface area (Å²) in [4.78, 5) is 25.7. The van der Waals surface area contributed by atoms with E-state index in [-0.39, 0.29) is 11.2 Å². The number of hydrogen-bond acceptors (Lipinski definition) is 8. The Labute approximate surface area is 234 Å². The van der Waals surface area contributed by atoms with Crippen LogP contribution in [0.15, 0.2) is 42.9 Å². The van der Waals surface area contributed by atoms with Gasteiger partial charge in [0.15, 0.2) is 5.82 Å². The number of aromatic nitrogens is 4. The molecule has 4 aliphatic rings. The number of carbonyl (C=O) groups is 1. The van der Waals surface area contributed by atoms with Crippen molar-refractivity contribution >= 4 is 11.6 Å². The van der Waals surface area contributed by atoms with Crippen molar-refractivity contribution in [3.63, 3.8) is 0 Å². The van der Waals surface area contributed by atoms with Crippen LogP contribution in [-0.2, 0) is 4.79 Å². The molecule has 1 aromatic carbocycles. The minimum atomic E-state index is -0.339. The van der Waals surface area contributed by atoms with E-state index in [0.29, 0.717) is 52.6 Å². The first-order valence-corrected chi connectivity index (χ1v) is 14.5. The summed E-state index contributed by atoms with van der Waals surface area (Å²) in [6.45, 7) is 8.36. The monoisotopic (exact) mass is 542 g/mol. The van der Waals surface area contributed by atoms with E-state index in [4.69, 9.17) is 4.74 Å². The van der Waals surface area contributed by atoms with Gasteiger partial charge in [-0.15, -0.1) is 10.2 Å². The van der Waals surface area contributed by atoms with Gasteiger partial charge in [0.2, 0.25) is 0 Å². The number of hydrogen-bond donors (Lipinski definition) is 0. The second-order valence-electron chi connectivity index (χ2n) is 12.6. The molecule has 2 saturated heterocycles. The number of carbonyl (C=O) groups excluding carboxylic acids is 1. The Hall–Kier alpha value is -3.46. The Bertz CT molecular complexity index is 1430. The Kier molecular flexibility index (Phi) is 6.29. The number of Topliss-reactive ketones (excluding diaryl/α,β-unsaturated/α-hetero) is 1. The maximum atomic E-state index is 14.5. The van der Waals surface area contributed by atoms with Gasteiger partial charge in [-0.25, -0.2) is 9.37 Å². The highest BCUT2D eigenvalue weighted by Crippen LogP contribution is 2.48. The molecule has 4 fully saturated rings. The van der Waals surface area contributed by atoms with Crippen molar-refractivity contribution in [2.45, 2.75) is 57.9 Å². The fraction of sp³-hybridized carbons (Fsp3) is 0.516. The lowest BCUT2D eigenvalue weighted by Gasteiger charge is -2.55. The summed E-state index contributed by atoms with van der Waals surface area (Å²) in [7, 11) is 0. The molecule has 4 heterocycles. The third-order valence-corrected chi connectivity index (χ3v) is 9.21. The Balaban J connectivity index is 1.10. The number of pyridine rings is 1. The fourth-order valence-electron chi connectivity index (χ4n) is 7.22. The quantitative estimate of drug-likeness (QED) is 0.381. The topological polar surface area (TPSA) is 84.3 Å². The minimum Gasteiger partial charge on any atom is -0.434 e. The van der Waals surface area contributed by atoms with Gasteiger partial charge in [0.25, 0.3) is 5.88 Å². The molecule has 0 amide bonds. The molecule has 0 N–H and O–H groups in total. The van der Waals surface area contributed by atoms with Crippen molar-refractivity contribution in [2.75, 3.05) is 31.1 Å². The van der Waals surface area contributed by atoms with Crippen molar-refractivity contribution in [2.24, 2.45) is 17.3 Å². The van der Waals surface area contributed by atoms with Gasteiger partial charge >= 0.3 is 0 Å². The first-order chi connectivity index (χ1) is 19.4. The number of benzene rings is 1. The molecule has 208 valence electrons. The van der Waals surface area contributed by atoms with E-state index in [1.807, 2.05) is 6.07 Å². The summed E-state index contributed by atoms with van der Waals surface area (Å²) < 4.78 is 20.8. The molecule has 2 aliphatic carbocycles. The molecule has 3 aromatic rings. The number of anilines is 1. The number of halogens is 1. The van der Waals surface area contributed by atoms with Gasteiger partial charge in [0.1, 0.15) is 23.7 Å². The largest absolute Gasteiger partial charge is 0.434 e.